The van der Waals surface area contributed by atoms with Crippen molar-refractivity contribution in [3.63, 3.8) is 0 Å². The van der Waals surface area contributed by atoms with Crippen LogP contribution in [0.15, 0.2) is 48.0 Å². The summed E-state index contributed by atoms with van der Waals surface area (Å²) in [4.78, 5) is 11.3. The van der Waals surface area contributed by atoms with Crippen molar-refractivity contribution in [3.8, 4) is 5.69 Å². The molecule has 1 aliphatic heterocycles. The number of ether oxygens (including phenoxy) is 1. The summed E-state index contributed by atoms with van der Waals surface area (Å²) in [6.45, 7) is 9.08. The number of aromatic nitrogens is 2. The average molecular weight is 356 g/mol. The van der Waals surface area contributed by atoms with Gasteiger partial charge in [-0.25, -0.2) is 9.98 Å². The highest BCUT2D eigenvalue weighted by Gasteiger charge is 2.10. The summed E-state index contributed by atoms with van der Waals surface area (Å²) in [5, 5.41) is 6.75. The van der Waals surface area contributed by atoms with E-state index in [0.717, 1.165) is 63.1 Å². The molecule has 1 aliphatic rings. The van der Waals surface area contributed by atoms with Crippen molar-refractivity contribution in [3.05, 3.63) is 48.5 Å². The maximum Gasteiger partial charge on any atom is 0.191 e. The molecule has 2 aromatic rings. The zero-order chi connectivity index (χ0) is 18.0. The van der Waals surface area contributed by atoms with E-state index < -0.39 is 0 Å². The van der Waals surface area contributed by atoms with E-state index in [2.05, 4.69) is 39.6 Å². The van der Waals surface area contributed by atoms with Crippen LogP contribution in [0, 0.1) is 0 Å². The van der Waals surface area contributed by atoms with E-state index in [4.69, 9.17) is 9.73 Å². The Bertz CT molecular complexity index is 679. The smallest absolute Gasteiger partial charge is 0.191 e. The van der Waals surface area contributed by atoms with E-state index in [1.165, 1.54) is 0 Å². The summed E-state index contributed by atoms with van der Waals surface area (Å²) in [7, 11) is 0. The summed E-state index contributed by atoms with van der Waals surface area (Å²) in [6.07, 6.45) is 5.56. The summed E-state index contributed by atoms with van der Waals surface area (Å²) in [5.74, 6) is 0.848. The maximum atomic E-state index is 5.39. The first-order chi connectivity index (χ1) is 12.9. The molecular weight excluding hydrogens is 328 g/mol. The minimum Gasteiger partial charge on any atom is -0.379 e. The summed E-state index contributed by atoms with van der Waals surface area (Å²) in [6, 6.07) is 8.28. The van der Waals surface area contributed by atoms with Crippen molar-refractivity contribution in [1.29, 1.82) is 0 Å². The highest BCUT2D eigenvalue weighted by molar-refractivity contribution is 5.79. The van der Waals surface area contributed by atoms with Gasteiger partial charge in [0.25, 0.3) is 0 Å². The lowest BCUT2D eigenvalue weighted by molar-refractivity contribution is 0.0389. The van der Waals surface area contributed by atoms with Crippen LogP contribution in [0.3, 0.4) is 0 Å². The molecule has 0 amide bonds. The Balaban J connectivity index is 1.59. The van der Waals surface area contributed by atoms with Gasteiger partial charge in [-0.05, 0) is 18.6 Å². The van der Waals surface area contributed by atoms with E-state index in [-0.39, 0.29) is 0 Å². The molecule has 0 bridgehead atoms. The number of imidazole rings is 1. The molecule has 0 atom stereocenters. The second-order valence-electron chi connectivity index (χ2n) is 6.17. The third-order valence-corrected chi connectivity index (χ3v) is 4.35. The average Bonchev–Trinajstić information content (AvgIpc) is 3.22. The molecule has 0 unspecified atom stereocenters. The van der Waals surface area contributed by atoms with Crippen LogP contribution in [-0.4, -0.2) is 66.3 Å². The number of guanidine groups is 1. The number of benzene rings is 1. The van der Waals surface area contributed by atoms with Gasteiger partial charge < -0.3 is 19.9 Å². The topological polar surface area (TPSA) is 66.7 Å². The largest absolute Gasteiger partial charge is 0.379 e. The number of para-hydroxylation sites is 1. The van der Waals surface area contributed by atoms with E-state index in [0.29, 0.717) is 6.54 Å². The predicted molar refractivity (Wildman–Crippen MR) is 104 cm³/mol. The number of aliphatic imine (C=N–C) groups is 1. The molecule has 26 heavy (non-hydrogen) atoms. The Morgan fingerprint density at radius 2 is 2.08 bits per heavy atom. The molecule has 1 aromatic carbocycles. The van der Waals surface area contributed by atoms with E-state index in [1.807, 2.05) is 29.2 Å². The lowest BCUT2D eigenvalue weighted by Gasteiger charge is -2.26. The molecule has 2 heterocycles. The molecule has 140 valence electrons. The van der Waals surface area contributed by atoms with Gasteiger partial charge in [0.2, 0.25) is 0 Å². The van der Waals surface area contributed by atoms with Crippen LogP contribution in [0.4, 0.5) is 0 Å². The highest BCUT2D eigenvalue weighted by Crippen LogP contribution is 2.14. The quantitative estimate of drug-likeness (QED) is 0.578. The van der Waals surface area contributed by atoms with Crippen LogP contribution in [0.25, 0.3) is 5.69 Å². The first-order valence-corrected chi connectivity index (χ1v) is 9.25. The van der Waals surface area contributed by atoms with E-state index in [9.17, 15) is 0 Å². The van der Waals surface area contributed by atoms with E-state index >= 15 is 0 Å². The Kier molecular flexibility index (Phi) is 7.04. The van der Waals surface area contributed by atoms with Crippen LogP contribution in [0.2, 0.25) is 0 Å². The van der Waals surface area contributed by atoms with Crippen LogP contribution < -0.4 is 10.6 Å². The highest BCUT2D eigenvalue weighted by atomic mass is 16.5. The minimum absolute atomic E-state index is 0.612. The number of hydrogen-bond donors (Lipinski definition) is 2. The summed E-state index contributed by atoms with van der Waals surface area (Å²) < 4.78 is 7.41. The standard InChI is InChI=1S/C19H28N6O/c1-2-21-19(22-8-9-24-11-13-26-14-12-24)23-15-17-5-3-4-6-18(17)25-10-7-20-16-25/h3-7,10,16H,2,8-9,11-15H2,1H3,(H2,21,22,23). The molecule has 3 rings (SSSR count). The van der Waals surface area contributed by atoms with Crippen LogP contribution >= 0.6 is 0 Å². The number of nitrogens with zero attached hydrogens (tertiary/aromatic N) is 4. The van der Waals surface area contributed by atoms with Crippen molar-refractivity contribution < 1.29 is 4.74 Å². The van der Waals surface area contributed by atoms with Gasteiger partial charge in [0.05, 0.1) is 31.8 Å². The van der Waals surface area contributed by atoms with Crippen molar-refractivity contribution in [2.75, 3.05) is 45.9 Å². The molecule has 2 N–H and O–H groups in total. The fraction of sp³-hybridized carbons (Fsp3) is 0.474. The Labute approximate surface area is 155 Å². The van der Waals surface area contributed by atoms with Gasteiger partial charge in [-0.3, -0.25) is 4.90 Å². The molecule has 0 aliphatic carbocycles. The Hall–Kier alpha value is -2.38. The second kappa shape index (κ2) is 9.94. The predicted octanol–water partition coefficient (Wildman–Crippen LogP) is 1.26. The van der Waals surface area contributed by atoms with Gasteiger partial charge in [-0.2, -0.15) is 0 Å². The summed E-state index contributed by atoms with van der Waals surface area (Å²) >= 11 is 0. The molecule has 1 fully saturated rings. The van der Waals surface area contributed by atoms with Gasteiger partial charge in [0.1, 0.15) is 0 Å². The lowest BCUT2D eigenvalue weighted by atomic mass is 10.2. The monoisotopic (exact) mass is 356 g/mol. The molecule has 0 saturated carbocycles. The number of morpholine rings is 1. The molecule has 1 aromatic heterocycles. The molecular formula is C19H28N6O. The van der Waals surface area contributed by atoms with E-state index in [1.54, 1.807) is 6.20 Å². The number of hydrogen-bond acceptors (Lipinski definition) is 4. The molecule has 7 heteroatoms. The van der Waals surface area contributed by atoms with Gasteiger partial charge >= 0.3 is 0 Å². The maximum absolute atomic E-state index is 5.39. The molecule has 0 spiro atoms. The van der Waals surface area contributed by atoms with Crippen molar-refractivity contribution >= 4 is 5.96 Å². The second-order valence-corrected chi connectivity index (χ2v) is 6.17. The molecule has 0 radical (unpaired) electrons. The Morgan fingerprint density at radius 3 is 2.85 bits per heavy atom. The van der Waals surface area contributed by atoms with Crippen LogP contribution in [0.5, 0.6) is 0 Å². The van der Waals surface area contributed by atoms with Crippen molar-refractivity contribution in [1.82, 2.24) is 25.1 Å². The third-order valence-electron chi connectivity index (χ3n) is 4.35. The first kappa shape index (κ1) is 18.4. The van der Waals surface area contributed by atoms with Gasteiger partial charge in [-0.1, -0.05) is 18.2 Å². The van der Waals surface area contributed by atoms with Gasteiger partial charge in [0, 0.05) is 45.1 Å². The third kappa shape index (κ3) is 5.31. The zero-order valence-corrected chi connectivity index (χ0v) is 15.4. The van der Waals surface area contributed by atoms with Crippen LogP contribution in [0.1, 0.15) is 12.5 Å². The lowest BCUT2D eigenvalue weighted by Crippen LogP contribution is -2.44. The Morgan fingerprint density at radius 1 is 1.23 bits per heavy atom. The first-order valence-electron chi connectivity index (χ1n) is 9.25. The number of rotatable bonds is 7. The van der Waals surface area contributed by atoms with Crippen LogP contribution in [-0.2, 0) is 11.3 Å². The normalized spacial score (nSPS) is 15.8. The minimum atomic E-state index is 0.612. The zero-order valence-electron chi connectivity index (χ0n) is 15.4. The van der Waals surface area contributed by atoms with Crippen molar-refractivity contribution in [2.45, 2.75) is 13.5 Å². The molecule has 7 nitrogen and oxygen atoms in total. The SMILES string of the molecule is CCNC(=NCc1ccccc1-n1ccnc1)NCCN1CCOCC1. The fourth-order valence-electron chi connectivity index (χ4n) is 2.96. The van der Waals surface area contributed by atoms with Gasteiger partial charge in [-0.15, -0.1) is 0 Å². The number of nitrogens with one attached hydrogen (secondary N) is 2. The van der Waals surface area contributed by atoms with Crippen molar-refractivity contribution in [2.24, 2.45) is 4.99 Å². The molecule has 1 saturated heterocycles. The summed E-state index contributed by atoms with van der Waals surface area (Å²) in [5.41, 5.74) is 2.27. The fourth-order valence-corrected chi connectivity index (χ4v) is 2.96. The van der Waals surface area contributed by atoms with Gasteiger partial charge in [0.15, 0.2) is 5.96 Å².